The van der Waals surface area contributed by atoms with Gasteiger partial charge in [-0.05, 0) is 36.5 Å². The molecule has 1 aliphatic rings. The van der Waals surface area contributed by atoms with Gasteiger partial charge in [0.15, 0.2) is 5.69 Å². The van der Waals surface area contributed by atoms with Gasteiger partial charge in [0.05, 0.1) is 13.7 Å². The molecule has 0 aliphatic heterocycles. The molecular weight excluding hydrogens is 326 g/mol. The lowest BCUT2D eigenvalue weighted by atomic mass is 10.2. The van der Waals surface area contributed by atoms with Gasteiger partial charge in [0.2, 0.25) is 5.75 Å². The van der Waals surface area contributed by atoms with Gasteiger partial charge in [-0.15, -0.1) is 0 Å². The number of anilines is 1. The Kier molecular flexibility index (Phi) is 4.99. The first-order chi connectivity index (χ1) is 12.1. The molecule has 1 heterocycles. The first kappa shape index (κ1) is 17.0. The standard InChI is InChI=1S/C17H19N3O5/c1-24-14-13(19-17(23)20-16(14)22)15(21)18-12-4-2-3-11(7-12)9-25-8-10-5-6-10/h2-4,7,10H,5-6,8-9H2,1H3,(H,18,21)(H2,19,20,22,23). The van der Waals surface area contributed by atoms with Crippen LogP contribution in [0.5, 0.6) is 5.75 Å². The lowest BCUT2D eigenvalue weighted by Gasteiger charge is -2.09. The minimum absolute atomic E-state index is 0.230. The summed E-state index contributed by atoms with van der Waals surface area (Å²) in [6.07, 6.45) is 2.46. The zero-order chi connectivity index (χ0) is 17.8. The number of H-pyrrole nitrogens is 2. The van der Waals surface area contributed by atoms with Crippen LogP contribution < -0.4 is 21.3 Å². The number of aromatic nitrogens is 2. The zero-order valence-electron chi connectivity index (χ0n) is 13.8. The minimum atomic E-state index is -0.779. The Labute approximate surface area is 143 Å². The molecule has 0 spiro atoms. The maximum absolute atomic E-state index is 12.4. The summed E-state index contributed by atoms with van der Waals surface area (Å²) in [5.74, 6) is -0.208. The normalized spacial score (nSPS) is 13.5. The third-order valence-electron chi connectivity index (χ3n) is 3.83. The Bertz CT molecular complexity index is 882. The predicted octanol–water partition coefficient (Wildman–Crippen LogP) is 1.25. The summed E-state index contributed by atoms with van der Waals surface area (Å²) in [5.41, 5.74) is -0.325. The molecule has 1 saturated carbocycles. The van der Waals surface area contributed by atoms with E-state index in [-0.39, 0.29) is 11.4 Å². The van der Waals surface area contributed by atoms with Crippen molar-refractivity contribution < 1.29 is 14.3 Å². The van der Waals surface area contributed by atoms with Crippen LogP contribution in [-0.4, -0.2) is 29.6 Å². The maximum atomic E-state index is 12.4. The Balaban J connectivity index is 1.72. The van der Waals surface area contributed by atoms with Crippen LogP contribution >= 0.6 is 0 Å². The van der Waals surface area contributed by atoms with Gasteiger partial charge in [0.1, 0.15) is 0 Å². The van der Waals surface area contributed by atoms with Crippen molar-refractivity contribution in [2.45, 2.75) is 19.4 Å². The van der Waals surface area contributed by atoms with Crippen LogP contribution in [0.2, 0.25) is 0 Å². The molecule has 1 aromatic heterocycles. The number of aromatic amines is 2. The largest absolute Gasteiger partial charge is 0.489 e. The molecular formula is C17H19N3O5. The Morgan fingerprint density at radius 2 is 2.08 bits per heavy atom. The minimum Gasteiger partial charge on any atom is -0.489 e. The SMILES string of the molecule is COc1c(C(=O)Nc2cccc(COCC3CC3)c2)[nH]c(=O)[nH]c1=O. The van der Waals surface area contributed by atoms with Crippen LogP contribution in [0.1, 0.15) is 28.9 Å². The molecule has 1 fully saturated rings. The van der Waals surface area contributed by atoms with Crippen LogP contribution in [0.25, 0.3) is 0 Å². The molecule has 1 aromatic carbocycles. The fourth-order valence-electron chi connectivity index (χ4n) is 2.39. The highest BCUT2D eigenvalue weighted by molar-refractivity contribution is 6.04. The molecule has 132 valence electrons. The number of ether oxygens (including phenoxy) is 2. The molecule has 0 bridgehead atoms. The van der Waals surface area contributed by atoms with Crippen molar-refractivity contribution in [2.75, 3.05) is 19.0 Å². The summed E-state index contributed by atoms with van der Waals surface area (Å²) >= 11 is 0. The van der Waals surface area contributed by atoms with E-state index >= 15 is 0 Å². The molecule has 0 atom stereocenters. The van der Waals surface area contributed by atoms with E-state index in [1.54, 1.807) is 18.2 Å². The number of nitrogens with one attached hydrogen (secondary N) is 3. The highest BCUT2D eigenvalue weighted by Gasteiger charge is 2.21. The molecule has 8 nitrogen and oxygen atoms in total. The number of hydrogen-bond donors (Lipinski definition) is 3. The average molecular weight is 345 g/mol. The van der Waals surface area contributed by atoms with E-state index in [9.17, 15) is 14.4 Å². The highest BCUT2D eigenvalue weighted by atomic mass is 16.5. The zero-order valence-corrected chi connectivity index (χ0v) is 13.8. The van der Waals surface area contributed by atoms with Gasteiger partial charge < -0.3 is 14.8 Å². The van der Waals surface area contributed by atoms with E-state index in [2.05, 4.69) is 10.3 Å². The van der Waals surface area contributed by atoms with Gasteiger partial charge in [-0.3, -0.25) is 19.6 Å². The summed E-state index contributed by atoms with van der Waals surface area (Å²) < 4.78 is 10.5. The highest BCUT2D eigenvalue weighted by Crippen LogP contribution is 2.29. The monoisotopic (exact) mass is 345 g/mol. The Hall–Kier alpha value is -2.87. The Morgan fingerprint density at radius 3 is 2.80 bits per heavy atom. The predicted molar refractivity (Wildman–Crippen MR) is 91.0 cm³/mol. The molecule has 8 heteroatoms. The topological polar surface area (TPSA) is 113 Å². The maximum Gasteiger partial charge on any atom is 0.326 e. The lowest BCUT2D eigenvalue weighted by molar-refractivity contribution is 0.101. The second-order valence-electron chi connectivity index (χ2n) is 5.93. The molecule has 0 radical (unpaired) electrons. The summed E-state index contributed by atoms with van der Waals surface area (Å²) in [6.45, 7) is 1.22. The fourth-order valence-corrected chi connectivity index (χ4v) is 2.39. The van der Waals surface area contributed by atoms with Crippen molar-refractivity contribution in [2.24, 2.45) is 5.92 Å². The molecule has 2 aromatic rings. The van der Waals surface area contributed by atoms with Crippen molar-refractivity contribution in [3.05, 3.63) is 56.4 Å². The van der Waals surface area contributed by atoms with Gasteiger partial charge in [0.25, 0.3) is 11.5 Å². The summed E-state index contributed by atoms with van der Waals surface area (Å²) in [4.78, 5) is 39.8. The molecule has 25 heavy (non-hydrogen) atoms. The molecule has 0 unspecified atom stereocenters. The molecule has 3 N–H and O–H groups in total. The van der Waals surface area contributed by atoms with Gasteiger partial charge in [0, 0.05) is 12.3 Å². The third-order valence-corrected chi connectivity index (χ3v) is 3.83. The quantitative estimate of drug-likeness (QED) is 0.699. The van der Waals surface area contributed by atoms with Gasteiger partial charge in [-0.1, -0.05) is 12.1 Å². The smallest absolute Gasteiger partial charge is 0.326 e. The molecule has 3 rings (SSSR count). The van der Waals surface area contributed by atoms with E-state index in [1.165, 1.54) is 20.0 Å². The van der Waals surface area contributed by atoms with Gasteiger partial charge in [-0.25, -0.2) is 4.79 Å². The number of carbonyl (C=O) groups is 1. The van der Waals surface area contributed by atoms with Crippen LogP contribution in [0.4, 0.5) is 5.69 Å². The van der Waals surface area contributed by atoms with Crippen LogP contribution in [0.3, 0.4) is 0 Å². The van der Waals surface area contributed by atoms with Crippen LogP contribution in [0.15, 0.2) is 33.9 Å². The summed E-state index contributed by atoms with van der Waals surface area (Å²) in [6, 6.07) is 7.18. The summed E-state index contributed by atoms with van der Waals surface area (Å²) in [7, 11) is 1.25. The number of methoxy groups -OCH3 is 1. The molecule has 1 aliphatic carbocycles. The van der Waals surface area contributed by atoms with Crippen LogP contribution in [-0.2, 0) is 11.3 Å². The fraction of sp³-hybridized carbons (Fsp3) is 0.353. The molecule has 1 amide bonds. The van der Waals surface area contributed by atoms with Crippen molar-refractivity contribution in [3.8, 4) is 5.75 Å². The number of hydrogen-bond acceptors (Lipinski definition) is 5. The van der Waals surface area contributed by atoms with E-state index in [0.29, 0.717) is 18.2 Å². The van der Waals surface area contributed by atoms with Crippen LogP contribution in [0, 0.1) is 5.92 Å². The van der Waals surface area contributed by atoms with Gasteiger partial charge >= 0.3 is 5.69 Å². The van der Waals surface area contributed by atoms with Crippen molar-refractivity contribution >= 4 is 11.6 Å². The van der Waals surface area contributed by atoms with E-state index < -0.39 is 17.2 Å². The second kappa shape index (κ2) is 7.35. The first-order valence-corrected chi connectivity index (χ1v) is 7.95. The number of benzene rings is 1. The number of carbonyl (C=O) groups excluding carboxylic acids is 1. The Morgan fingerprint density at radius 1 is 1.28 bits per heavy atom. The molecule has 0 saturated heterocycles. The van der Waals surface area contributed by atoms with Crippen molar-refractivity contribution in [3.63, 3.8) is 0 Å². The van der Waals surface area contributed by atoms with Crippen molar-refractivity contribution in [1.82, 2.24) is 9.97 Å². The first-order valence-electron chi connectivity index (χ1n) is 7.95. The summed E-state index contributed by atoms with van der Waals surface area (Å²) in [5, 5.41) is 2.64. The van der Waals surface area contributed by atoms with E-state index in [4.69, 9.17) is 9.47 Å². The second-order valence-corrected chi connectivity index (χ2v) is 5.93. The van der Waals surface area contributed by atoms with E-state index in [0.717, 1.165) is 12.2 Å². The van der Waals surface area contributed by atoms with E-state index in [1.807, 2.05) is 11.1 Å². The lowest BCUT2D eigenvalue weighted by Crippen LogP contribution is -2.29. The number of amides is 1. The number of rotatable bonds is 7. The third kappa shape index (κ3) is 4.36. The van der Waals surface area contributed by atoms with Gasteiger partial charge in [-0.2, -0.15) is 0 Å². The average Bonchev–Trinajstić information content (AvgIpc) is 3.39. The van der Waals surface area contributed by atoms with Crippen molar-refractivity contribution in [1.29, 1.82) is 0 Å².